The van der Waals surface area contributed by atoms with E-state index in [-0.39, 0.29) is 11.9 Å². The van der Waals surface area contributed by atoms with Crippen molar-refractivity contribution in [1.29, 1.82) is 0 Å². The number of nitrogens with one attached hydrogen (secondary N) is 1. The third-order valence-corrected chi connectivity index (χ3v) is 6.62. The third-order valence-electron chi connectivity index (χ3n) is 6.62. The average molecular weight is 383 g/mol. The van der Waals surface area contributed by atoms with Crippen LogP contribution in [0.15, 0.2) is 18.3 Å². The summed E-state index contributed by atoms with van der Waals surface area (Å²) in [5.41, 5.74) is 1.49. The van der Waals surface area contributed by atoms with Crippen molar-refractivity contribution in [2.45, 2.75) is 50.6 Å². The molecule has 2 aromatic heterocycles. The summed E-state index contributed by atoms with van der Waals surface area (Å²) in [6.07, 6.45) is 9.29. The molecule has 0 bridgehead atoms. The van der Waals surface area contributed by atoms with Crippen LogP contribution >= 0.6 is 0 Å². The lowest BCUT2D eigenvalue weighted by Gasteiger charge is -2.38. The lowest BCUT2D eigenvalue weighted by Crippen LogP contribution is -2.47. The number of hydrogen-bond acceptors (Lipinski definition) is 5. The van der Waals surface area contributed by atoms with E-state index < -0.39 is 0 Å². The van der Waals surface area contributed by atoms with Crippen molar-refractivity contribution in [3.8, 4) is 0 Å². The number of rotatable bonds is 5. The molecule has 2 aliphatic carbocycles. The minimum Gasteiger partial charge on any atom is -0.349 e. The van der Waals surface area contributed by atoms with Crippen LogP contribution in [0.25, 0.3) is 5.65 Å². The van der Waals surface area contributed by atoms with Gasteiger partial charge < -0.3 is 5.32 Å². The second-order valence-electron chi connectivity index (χ2n) is 8.86. The largest absolute Gasteiger partial charge is 0.349 e. The molecule has 0 unspecified atom stereocenters. The number of aromatic nitrogens is 3. The van der Waals surface area contributed by atoms with Crippen LogP contribution in [0.5, 0.6) is 0 Å². The number of carbonyl (C=O) groups excluding carboxylic acids is 1. The predicted molar refractivity (Wildman–Crippen MR) is 107 cm³/mol. The lowest BCUT2D eigenvalue weighted by atomic mass is 10.1. The monoisotopic (exact) mass is 382 g/mol. The van der Waals surface area contributed by atoms with Gasteiger partial charge in [-0.2, -0.15) is 0 Å². The molecule has 2 saturated carbocycles. The lowest BCUT2D eigenvalue weighted by molar-refractivity contribution is 0.0869. The standard InChI is InChI=1S/C21H30N6O/c1-25-10-11-26(12-15-6-7-15)14-18(25)20-24-23-19-9-8-16(13-27(19)20)21(28)22-17-4-2-3-5-17/h8-9,13,15,17-18H,2-7,10-12,14H2,1H3,(H,22,28)/t18-/m0/s1. The Labute approximate surface area is 166 Å². The minimum absolute atomic E-state index is 0.0146. The molecular weight excluding hydrogens is 352 g/mol. The second-order valence-corrected chi connectivity index (χ2v) is 8.86. The Hall–Kier alpha value is -1.99. The molecule has 1 saturated heterocycles. The molecular formula is C21H30N6O. The number of hydrogen-bond donors (Lipinski definition) is 1. The summed E-state index contributed by atoms with van der Waals surface area (Å²) in [5.74, 6) is 1.85. The van der Waals surface area contributed by atoms with Crippen LogP contribution in [-0.2, 0) is 0 Å². The van der Waals surface area contributed by atoms with E-state index in [1.165, 1.54) is 32.2 Å². The first-order valence-corrected chi connectivity index (χ1v) is 10.8. The fraction of sp³-hybridized carbons (Fsp3) is 0.667. The number of pyridine rings is 1. The van der Waals surface area contributed by atoms with Crippen LogP contribution in [0, 0.1) is 5.92 Å². The van der Waals surface area contributed by atoms with Gasteiger partial charge in [0.05, 0.1) is 11.6 Å². The molecule has 150 valence electrons. The fourth-order valence-corrected chi connectivity index (χ4v) is 4.65. The first-order chi connectivity index (χ1) is 13.7. The van der Waals surface area contributed by atoms with E-state index in [0.29, 0.717) is 11.6 Å². The highest BCUT2D eigenvalue weighted by molar-refractivity contribution is 5.94. The zero-order chi connectivity index (χ0) is 19.1. The number of likely N-dealkylation sites (N-methyl/N-ethyl adjacent to an activating group) is 1. The van der Waals surface area contributed by atoms with Gasteiger partial charge in [0.25, 0.3) is 5.91 Å². The molecule has 0 radical (unpaired) electrons. The Kier molecular flexibility index (Phi) is 4.80. The van der Waals surface area contributed by atoms with Crippen LogP contribution in [0.2, 0.25) is 0 Å². The van der Waals surface area contributed by atoms with E-state index in [2.05, 4.69) is 32.4 Å². The Balaban J connectivity index is 1.38. The smallest absolute Gasteiger partial charge is 0.252 e. The van der Waals surface area contributed by atoms with E-state index in [1.54, 1.807) is 0 Å². The maximum atomic E-state index is 12.7. The van der Waals surface area contributed by atoms with Gasteiger partial charge in [-0.15, -0.1) is 10.2 Å². The first-order valence-electron chi connectivity index (χ1n) is 10.8. The van der Waals surface area contributed by atoms with Gasteiger partial charge in [0, 0.05) is 38.4 Å². The Morgan fingerprint density at radius 3 is 2.75 bits per heavy atom. The molecule has 1 aliphatic heterocycles. The molecule has 3 heterocycles. The van der Waals surface area contributed by atoms with E-state index in [4.69, 9.17) is 0 Å². The van der Waals surface area contributed by atoms with Gasteiger partial charge in [-0.1, -0.05) is 12.8 Å². The zero-order valence-corrected chi connectivity index (χ0v) is 16.7. The van der Waals surface area contributed by atoms with Crippen LogP contribution in [0.4, 0.5) is 0 Å². The summed E-state index contributed by atoms with van der Waals surface area (Å²) in [7, 11) is 2.16. The van der Waals surface area contributed by atoms with Crippen molar-refractivity contribution in [2.75, 3.05) is 33.2 Å². The SMILES string of the molecule is CN1CCN(CC2CC2)C[C@H]1c1nnc2ccc(C(=O)NC3CCCC3)cn12. The maximum Gasteiger partial charge on any atom is 0.252 e. The summed E-state index contributed by atoms with van der Waals surface area (Å²) in [6, 6.07) is 4.30. The molecule has 3 aliphatic rings. The number of piperazine rings is 1. The van der Waals surface area contributed by atoms with Gasteiger partial charge in [-0.3, -0.25) is 19.0 Å². The highest BCUT2D eigenvalue weighted by Gasteiger charge is 2.32. The van der Waals surface area contributed by atoms with Crippen LogP contribution in [-0.4, -0.2) is 69.6 Å². The summed E-state index contributed by atoms with van der Waals surface area (Å²) >= 11 is 0. The molecule has 0 spiro atoms. The molecule has 28 heavy (non-hydrogen) atoms. The highest BCUT2D eigenvalue weighted by atomic mass is 16.1. The molecule has 7 heteroatoms. The van der Waals surface area contributed by atoms with Crippen molar-refractivity contribution < 1.29 is 4.79 Å². The Bertz CT molecular complexity index is 854. The summed E-state index contributed by atoms with van der Waals surface area (Å²) in [5, 5.41) is 12.1. The van der Waals surface area contributed by atoms with Crippen molar-refractivity contribution >= 4 is 11.6 Å². The first kappa shape index (κ1) is 18.1. The van der Waals surface area contributed by atoms with Crippen molar-refractivity contribution in [2.24, 2.45) is 5.92 Å². The fourth-order valence-electron chi connectivity index (χ4n) is 4.65. The van der Waals surface area contributed by atoms with Gasteiger partial charge in [0.1, 0.15) is 0 Å². The summed E-state index contributed by atoms with van der Waals surface area (Å²) in [6.45, 7) is 4.34. The highest BCUT2D eigenvalue weighted by Crippen LogP contribution is 2.32. The normalized spacial score (nSPS) is 24.8. The molecule has 0 aromatic carbocycles. The third kappa shape index (κ3) is 3.65. The molecule has 2 aromatic rings. The molecule has 5 rings (SSSR count). The maximum absolute atomic E-state index is 12.7. The molecule has 1 amide bonds. The van der Waals surface area contributed by atoms with E-state index in [0.717, 1.165) is 49.9 Å². The van der Waals surface area contributed by atoms with Gasteiger partial charge in [-0.05, 0) is 50.8 Å². The molecule has 1 atom stereocenters. The predicted octanol–water partition coefficient (Wildman–Crippen LogP) is 2.10. The van der Waals surface area contributed by atoms with Crippen molar-refractivity contribution in [3.63, 3.8) is 0 Å². The Morgan fingerprint density at radius 2 is 1.96 bits per heavy atom. The van der Waals surface area contributed by atoms with E-state index in [9.17, 15) is 4.79 Å². The van der Waals surface area contributed by atoms with Crippen LogP contribution < -0.4 is 5.32 Å². The number of carbonyl (C=O) groups is 1. The van der Waals surface area contributed by atoms with Crippen LogP contribution in [0.3, 0.4) is 0 Å². The van der Waals surface area contributed by atoms with Gasteiger partial charge in [-0.25, -0.2) is 0 Å². The van der Waals surface area contributed by atoms with Gasteiger partial charge in [0.2, 0.25) is 0 Å². The van der Waals surface area contributed by atoms with E-state index in [1.807, 2.05) is 22.7 Å². The van der Waals surface area contributed by atoms with Gasteiger partial charge in [0.15, 0.2) is 11.5 Å². The second kappa shape index (κ2) is 7.44. The molecule has 7 nitrogen and oxygen atoms in total. The van der Waals surface area contributed by atoms with Gasteiger partial charge >= 0.3 is 0 Å². The quantitative estimate of drug-likeness (QED) is 0.858. The Morgan fingerprint density at radius 1 is 1.14 bits per heavy atom. The van der Waals surface area contributed by atoms with Crippen molar-refractivity contribution in [1.82, 2.24) is 29.7 Å². The van der Waals surface area contributed by atoms with Crippen LogP contribution in [0.1, 0.15) is 60.7 Å². The minimum atomic E-state index is 0.0146. The van der Waals surface area contributed by atoms with Crippen molar-refractivity contribution in [3.05, 3.63) is 29.7 Å². The average Bonchev–Trinajstić information content (AvgIpc) is 3.19. The number of nitrogens with zero attached hydrogens (tertiary/aromatic N) is 5. The molecule has 3 fully saturated rings. The van der Waals surface area contributed by atoms with E-state index >= 15 is 0 Å². The summed E-state index contributed by atoms with van der Waals surface area (Å²) < 4.78 is 2.02. The molecule has 1 N–H and O–H groups in total. The summed E-state index contributed by atoms with van der Waals surface area (Å²) in [4.78, 5) is 17.7. The number of fused-ring (bicyclic) bond motifs is 1. The topological polar surface area (TPSA) is 65.8 Å². The zero-order valence-electron chi connectivity index (χ0n) is 16.7. The number of amides is 1.